The fourth-order valence-electron chi connectivity index (χ4n) is 2.31. The summed E-state index contributed by atoms with van der Waals surface area (Å²) in [5.41, 5.74) is 0. The van der Waals surface area contributed by atoms with E-state index in [4.69, 9.17) is 0 Å². The third-order valence-corrected chi connectivity index (χ3v) is 5.96. The number of carbonyl (C=O) groups is 1. The van der Waals surface area contributed by atoms with Crippen molar-refractivity contribution >= 4 is 26.4 Å². The van der Waals surface area contributed by atoms with Crippen molar-refractivity contribution in [2.75, 3.05) is 19.3 Å². The molecule has 1 amide bonds. The van der Waals surface area contributed by atoms with Gasteiger partial charge in [-0.15, -0.1) is 0 Å². The number of unbranched alkanes of at least 4 members (excludes halogenated alkanes) is 8. The van der Waals surface area contributed by atoms with E-state index in [2.05, 4.69) is 10.6 Å². The number of amides is 1. The molecule has 0 aromatic carbocycles. The van der Waals surface area contributed by atoms with Crippen LogP contribution in [0.4, 0.5) is 0 Å². The number of nitrogens with zero attached hydrogens (tertiary/aromatic N) is 1. The van der Waals surface area contributed by atoms with Gasteiger partial charge in [0.15, 0.2) is 0 Å². The largest absolute Gasteiger partial charge is 1.00 e. The van der Waals surface area contributed by atoms with Gasteiger partial charge in [0.1, 0.15) is 0 Å². The quantitative estimate of drug-likeness (QED) is 0.146. The van der Waals surface area contributed by atoms with E-state index in [-0.39, 0.29) is 42.0 Å². The summed E-state index contributed by atoms with van der Waals surface area (Å²) >= 11 is 0. The molecule has 8 nitrogen and oxygen atoms in total. The Bertz CT molecular complexity index is 579. The first kappa shape index (κ1) is 28.5. The first-order valence-corrected chi connectivity index (χ1v) is 11.6. The molecule has 150 valence electrons. The van der Waals surface area contributed by atoms with Gasteiger partial charge in [0.05, 0.1) is 5.75 Å². The first-order chi connectivity index (χ1) is 11.6. The van der Waals surface area contributed by atoms with E-state index in [9.17, 15) is 26.2 Å². The van der Waals surface area contributed by atoms with Crippen molar-refractivity contribution in [1.82, 2.24) is 4.90 Å². The van der Waals surface area contributed by atoms with Crippen LogP contribution in [0.5, 0.6) is 0 Å². The average molecular weight is 424 g/mol. The molecule has 0 aliphatic rings. The molecule has 0 aliphatic carbocycles. The summed E-state index contributed by atoms with van der Waals surface area (Å²) in [5.74, 6) is -0.961. The van der Waals surface area contributed by atoms with Crippen LogP contribution in [0.25, 0.3) is 0 Å². The zero-order chi connectivity index (χ0) is 19.3. The van der Waals surface area contributed by atoms with Gasteiger partial charge in [-0.1, -0.05) is 58.3 Å². The molecule has 0 saturated carbocycles. The molecule has 0 fully saturated rings. The van der Waals surface area contributed by atoms with Crippen LogP contribution in [0.2, 0.25) is 0 Å². The molecule has 0 heterocycles. The second kappa shape index (κ2) is 15.2. The van der Waals surface area contributed by atoms with Crippen molar-refractivity contribution < 1.29 is 59.4 Å². The van der Waals surface area contributed by atoms with Crippen LogP contribution in [0, 0.1) is 0 Å². The van der Waals surface area contributed by atoms with Gasteiger partial charge in [-0.2, -0.15) is 12.0 Å². The summed E-state index contributed by atoms with van der Waals surface area (Å²) in [6.07, 6.45) is 10.5. The van der Waals surface area contributed by atoms with Gasteiger partial charge in [0.2, 0.25) is 16.3 Å². The van der Waals surface area contributed by atoms with Gasteiger partial charge < -0.3 is 9.45 Å². The number of carbonyl (C=O) groups excluding carboxylic acids is 1. The molecule has 0 atom stereocenters. The zero-order valence-electron chi connectivity index (χ0n) is 16.1. The molecular formula is C15H30NNaO7S2. The van der Waals surface area contributed by atoms with Crippen molar-refractivity contribution in [1.29, 1.82) is 0 Å². The Hall–Kier alpha value is 0.290. The molecule has 0 rings (SSSR count). The Balaban J connectivity index is 0. The van der Waals surface area contributed by atoms with Gasteiger partial charge in [-0.05, 0) is 6.42 Å². The molecule has 0 radical (unpaired) electrons. The Morgan fingerprint density at radius 1 is 0.923 bits per heavy atom. The second-order valence-electron chi connectivity index (χ2n) is 6.13. The zero-order valence-corrected chi connectivity index (χ0v) is 19.7. The van der Waals surface area contributed by atoms with E-state index in [1.54, 1.807) is 0 Å². The van der Waals surface area contributed by atoms with Gasteiger partial charge in [-0.3, -0.25) is 4.79 Å². The molecule has 0 aromatic heterocycles. The van der Waals surface area contributed by atoms with Crippen LogP contribution in [-0.4, -0.2) is 51.5 Å². The van der Waals surface area contributed by atoms with Crippen molar-refractivity contribution in [3.05, 3.63) is 0 Å². The summed E-state index contributed by atoms with van der Waals surface area (Å²) in [4.78, 5) is 13.1. The molecule has 0 bridgehead atoms. The molecule has 0 saturated heterocycles. The van der Waals surface area contributed by atoms with E-state index in [0.717, 1.165) is 25.7 Å². The Kier molecular flexibility index (Phi) is 16.7. The van der Waals surface area contributed by atoms with Crippen LogP contribution < -0.4 is 29.6 Å². The summed E-state index contributed by atoms with van der Waals surface area (Å²) in [7, 11) is -8.40. The van der Waals surface area contributed by atoms with Gasteiger partial charge in [0, 0.05) is 20.0 Å². The van der Waals surface area contributed by atoms with Gasteiger partial charge >= 0.3 is 29.6 Å². The predicted molar refractivity (Wildman–Crippen MR) is 94.1 cm³/mol. The topological polar surface area (TPSA) is 121 Å². The van der Waals surface area contributed by atoms with E-state index in [1.807, 2.05) is 0 Å². The van der Waals surface area contributed by atoms with Crippen LogP contribution in [-0.2, 0) is 28.9 Å². The SMILES string of the molecule is CCCCCCCCCCCC(=O)N(C)CCS(=O)(=O)OS(=O)(=O)[O-].[Na+]. The molecule has 0 aromatic rings. The minimum Gasteiger partial charge on any atom is -0.725 e. The van der Waals surface area contributed by atoms with Crippen LogP contribution >= 0.6 is 0 Å². The van der Waals surface area contributed by atoms with Crippen molar-refractivity contribution in [3.8, 4) is 0 Å². The summed E-state index contributed by atoms with van der Waals surface area (Å²) in [5, 5.41) is 0. The van der Waals surface area contributed by atoms with E-state index < -0.39 is 26.3 Å². The molecule has 0 spiro atoms. The van der Waals surface area contributed by atoms with E-state index >= 15 is 0 Å². The smallest absolute Gasteiger partial charge is 0.725 e. The summed E-state index contributed by atoms with van der Waals surface area (Å²) in [6.45, 7) is 1.95. The van der Waals surface area contributed by atoms with Gasteiger partial charge in [0.25, 0.3) is 10.1 Å². The number of hydrogen-bond donors (Lipinski definition) is 0. The maximum atomic E-state index is 11.9. The molecule has 0 N–H and O–H groups in total. The van der Waals surface area contributed by atoms with E-state index in [1.165, 1.54) is 44.1 Å². The molecular weight excluding hydrogens is 393 g/mol. The number of rotatable bonds is 15. The third-order valence-electron chi connectivity index (χ3n) is 3.78. The van der Waals surface area contributed by atoms with Crippen LogP contribution in [0.1, 0.15) is 71.1 Å². The normalized spacial score (nSPS) is 11.8. The predicted octanol–water partition coefficient (Wildman–Crippen LogP) is -0.824. The number of hydrogen-bond acceptors (Lipinski definition) is 7. The molecule has 11 heteroatoms. The van der Waals surface area contributed by atoms with E-state index in [0.29, 0.717) is 6.42 Å². The van der Waals surface area contributed by atoms with Crippen molar-refractivity contribution in [3.63, 3.8) is 0 Å². The first-order valence-electron chi connectivity index (χ1n) is 8.71. The minimum atomic E-state index is -5.32. The second-order valence-corrected chi connectivity index (χ2v) is 9.02. The standard InChI is InChI=1S/C15H31NO7S2.Na/c1-3-4-5-6-7-8-9-10-11-12-15(17)16(2)13-14-24(18,19)23-25(20,21)22;/h3-14H2,1-2H3,(H,20,21,22);/q;+1/p-1. The Morgan fingerprint density at radius 2 is 1.38 bits per heavy atom. The molecule has 26 heavy (non-hydrogen) atoms. The Morgan fingerprint density at radius 3 is 1.85 bits per heavy atom. The van der Waals surface area contributed by atoms with Crippen LogP contribution in [0.3, 0.4) is 0 Å². The average Bonchev–Trinajstić information content (AvgIpc) is 2.48. The maximum absolute atomic E-state index is 11.9. The fraction of sp³-hybridized carbons (Fsp3) is 0.933. The van der Waals surface area contributed by atoms with Crippen LogP contribution in [0.15, 0.2) is 0 Å². The maximum Gasteiger partial charge on any atom is 1.00 e. The third kappa shape index (κ3) is 17.7. The summed E-state index contributed by atoms with van der Waals surface area (Å²) in [6, 6.07) is 0. The van der Waals surface area contributed by atoms with Crippen molar-refractivity contribution in [2.24, 2.45) is 0 Å². The van der Waals surface area contributed by atoms with Crippen molar-refractivity contribution in [2.45, 2.75) is 71.1 Å². The Labute approximate surface area is 180 Å². The molecule has 0 unspecified atom stereocenters. The minimum absolute atomic E-state index is 0. The fourth-order valence-corrected chi connectivity index (χ4v) is 4.10. The summed E-state index contributed by atoms with van der Waals surface area (Å²) < 4.78 is 56.9. The van der Waals surface area contributed by atoms with Gasteiger partial charge in [-0.25, -0.2) is 8.42 Å². The monoisotopic (exact) mass is 423 g/mol. The molecule has 0 aliphatic heterocycles.